The molecule has 4 N–H and O–H groups in total. The molecule has 0 amide bonds. The minimum atomic E-state index is -0.981. The number of aromatic hydroxyl groups is 3. The van der Waals surface area contributed by atoms with Crippen LogP contribution in [0.4, 0.5) is 0 Å². The standard InChI is InChI=1S/C6H6O3.C3H4O2/c7-4-2-1-3-5(8)6(4)9;1-2-3(4)5/h1-3,7-9H;2H,1H2,(H,4,5). The van der Waals surface area contributed by atoms with Crippen molar-refractivity contribution in [2.45, 2.75) is 0 Å². The summed E-state index contributed by atoms with van der Waals surface area (Å²) in [7, 11) is 0. The van der Waals surface area contributed by atoms with Gasteiger partial charge in [-0.1, -0.05) is 12.6 Å². The maximum atomic E-state index is 9.25. The van der Waals surface area contributed by atoms with Crippen molar-refractivity contribution in [3.63, 3.8) is 0 Å². The fourth-order valence-corrected chi connectivity index (χ4v) is 0.519. The SMILES string of the molecule is C=CC(=O)O.Oc1cccc(O)c1O. The van der Waals surface area contributed by atoms with Crippen LogP contribution in [-0.2, 0) is 4.79 Å². The van der Waals surface area contributed by atoms with Crippen LogP contribution in [0.25, 0.3) is 0 Å². The highest BCUT2D eigenvalue weighted by atomic mass is 16.4. The second-order valence-electron chi connectivity index (χ2n) is 2.19. The summed E-state index contributed by atoms with van der Waals surface area (Å²) in [5.74, 6) is -2.08. The van der Waals surface area contributed by atoms with Gasteiger partial charge in [-0.25, -0.2) is 4.79 Å². The molecule has 0 spiro atoms. The Bertz CT molecular complexity index is 312. The van der Waals surface area contributed by atoms with Crippen molar-refractivity contribution in [3.8, 4) is 17.2 Å². The van der Waals surface area contributed by atoms with Gasteiger partial charge in [0.05, 0.1) is 0 Å². The van der Waals surface area contributed by atoms with Crippen molar-refractivity contribution in [3.05, 3.63) is 30.9 Å². The summed E-state index contributed by atoms with van der Waals surface area (Å²) < 4.78 is 0. The van der Waals surface area contributed by atoms with E-state index in [2.05, 4.69) is 6.58 Å². The number of phenolic OH excluding ortho intramolecular Hbond substituents is 3. The summed E-state index contributed by atoms with van der Waals surface area (Å²) in [5.41, 5.74) is 0. The van der Waals surface area contributed by atoms with E-state index in [0.29, 0.717) is 0 Å². The molecule has 0 heterocycles. The lowest BCUT2D eigenvalue weighted by Gasteiger charge is -1.96. The first-order valence-corrected chi connectivity index (χ1v) is 3.54. The van der Waals surface area contributed by atoms with Gasteiger partial charge in [-0.15, -0.1) is 0 Å². The van der Waals surface area contributed by atoms with Gasteiger partial charge < -0.3 is 20.4 Å². The fourth-order valence-electron chi connectivity index (χ4n) is 0.519. The van der Waals surface area contributed by atoms with Crippen LogP contribution >= 0.6 is 0 Å². The Morgan fingerprint density at radius 1 is 1.21 bits per heavy atom. The zero-order valence-electron chi connectivity index (χ0n) is 7.21. The largest absolute Gasteiger partial charge is 0.504 e. The van der Waals surface area contributed by atoms with Crippen LogP contribution in [0.3, 0.4) is 0 Å². The number of aliphatic carboxylic acids is 1. The van der Waals surface area contributed by atoms with E-state index >= 15 is 0 Å². The highest BCUT2D eigenvalue weighted by Crippen LogP contribution is 2.32. The molecule has 1 aromatic carbocycles. The molecule has 0 bridgehead atoms. The van der Waals surface area contributed by atoms with Gasteiger partial charge in [0, 0.05) is 6.08 Å². The van der Waals surface area contributed by atoms with Gasteiger partial charge in [-0.3, -0.25) is 0 Å². The lowest BCUT2D eigenvalue weighted by Crippen LogP contribution is -1.82. The molecule has 0 saturated carbocycles. The normalized spacial score (nSPS) is 8.29. The molecule has 0 aliphatic rings. The molecule has 1 aromatic rings. The average Bonchev–Trinajstić information content (AvgIpc) is 2.15. The molecule has 0 saturated heterocycles. The number of hydrogen-bond donors (Lipinski definition) is 4. The van der Waals surface area contributed by atoms with Crippen LogP contribution in [0, 0.1) is 0 Å². The molecule has 5 nitrogen and oxygen atoms in total. The molecule has 0 atom stereocenters. The van der Waals surface area contributed by atoms with E-state index in [4.69, 9.17) is 20.4 Å². The monoisotopic (exact) mass is 198 g/mol. The van der Waals surface area contributed by atoms with E-state index in [1.54, 1.807) is 0 Å². The summed E-state index contributed by atoms with van der Waals surface area (Å²) in [6.45, 7) is 2.96. The Labute approximate surface area is 80.2 Å². The predicted octanol–water partition coefficient (Wildman–Crippen LogP) is 1.06. The highest BCUT2D eigenvalue weighted by Gasteiger charge is 2.00. The summed E-state index contributed by atoms with van der Waals surface area (Å²) in [6, 6.07) is 4.01. The Balaban J connectivity index is 0.000000292. The molecular weight excluding hydrogens is 188 g/mol. The smallest absolute Gasteiger partial charge is 0.327 e. The maximum absolute atomic E-state index is 9.25. The zero-order valence-corrected chi connectivity index (χ0v) is 7.21. The number of benzene rings is 1. The summed E-state index contributed by atoms with van der Waals surface area (Å²) in [4.78, 5) is 9.25. The summed E-state index contributed by atoms with van der Waals surface area (Å²) in [6.07, 6.45) is 0.833. The second-order valence-corrected chi connectivity index (χ2v) is 2.19. The number of para-hydroxylation sites is 1. The van der Waals surface area contributed by atoms with Crippen LogP contribution in [-0.4, -0.2) is 26.4 Å². The molecule has 14 heavy (non-hydrogen) atoms. The molecule has 0 aromatic heterocycles. The Morgan fingerprint density at radius 3 is 1.79 bits per heavy atom. The topological polar surface area (TPSA) is 98.0 Å². The lowest BCUT2D eigenvalue weighted by atomic mass is 10.3. The van der Waals surface area contributed by atoms with Gasteiger partial charge in [-0.2, -0.15) is 0 Å². The third-order valence-corrected chi connectivity index (χ3v) is 1.17. The van der Waals surface area contributed by atoms with Crippen molar-refractivity contribution in [1.82, 2.24) is 0 Å². The predicted molar refractivity (Wildman–Crippen MR) is 49.3 cm³/mol. The number of carbonyl (C=O) groups is 1. The highest BCUT2D eigenvalue weighted by molar-refractivity contribution is 5.78. The average molecular weight is 198 g/mol. The van der Waals surface area contributed by atoms with Crippen LogP contribution < -0.4 is 0 Å². The number of carboxylic acids is 1. The van der Waals surface area contributed by atoms with Gasteiger partial charge in [0.25, 0.3) is 0 Å². The number of phenols is 3. The van der Waals surface area contributed by atoms with Gasteiger partial charge >= 0.3 is 5.97 Å². The molecule has 76 valence electrons. The molecule has 0 aliphatic heterocycles. The summed E-state index contributed by atoms with van der Waals surface area (Å²) in [5, 5.41) is 33.7. The molecule has 0 radical (unpaired) electrons. The first kappa shape index (κ1) is 11.8. The maximum Gasteiger partial charge on any atom is 0.327 e. The Morgan fingerprint density at radius 2 is 1.57 bits per heavy atom. The Hall–Kier alpha value is -2.17. The number of hydrogen-bond acceptors (Lipinski definition) is 4. The van der Waals surface area contributed by atoms with Crippen molar-refractivity contribution in [2.24, 2.45) is 0 Å². The number of carboxylic acid groups (broad SMARTS) is 1. The van der Waals surface area contributed by atoms with Gasteiger partial charge in [0.2, 0.25) is 0 Å². The first-order valence-electron chi connectivity index (χ1n) is 3.54. The van der Waals surface area contributed by atoms with Crippen molar-refractivity contribution < 1.29 is 25.2 Å². The van der Waals surface area contributed by atoms with Crippen molar-refractivity contribution in [2.75, 3.05) is 0 Å². The molecule has 1 rings (SSSR count). The second kappa shape index (κ2) is 5.47. The van der Waals surface area contributed by atoms with E-state index in [9.17, 15) is 4.79 Å². The lowest BCUT2D eigenvalue weighted by molar-refractivity contribution is -0.131. The molecule has 0 fully saturated rings. The third-order valence-electron chi connectivity index (χ3n) is 1.17. The van der Waals surface area contributed by atoms with Crippen LogP contribution in [0.15, 0.2) is 30.9 Å². The van der Waals surface area contributed by atoms with Gasteiger partial charge in [-0.05, 0) is 12.1 Å². The van der Waals surface area contributed by atoms with E-state index in [0.717, 1.165) is 6.08 Å². The fraction of sp³-hybridized carbons (Fsp3) is 0. The first-order chi connectivity index (χ1) is 6.49. The van der Waals surface area contributed by atoms with Gasteiger partial charge in [0.1, 0.15) is 0 Å². The number of rotatable bonds is 1. The van der Waals surface area contributed by atoms with E-state index in [1.807, 2.05) is 0 Å². The van der Waals surface area contributed by atoms with E-state index in [1.165, 1.54) is 18.2 Å². The summed E-state index contributed by atoms with van der Waals surface area (Å²) >= 11 is 0. The van der Waals surface area contributed by atoms with Crippen LogP contribution in [0.5, 0.6) is 17.2 Å². The van der Waals surface area contributed by atoms with Crippen molar-refractivity contribution >= 4 is 5.97 Å². The molecular formula is C9H10O5. The van der Waals surface area contributed by atoms with E-state index in [-0.39, 0.29) is 11.5 Å². The minimum Gasteiger partial charge on any atom is -0.504 e. The Kier molecular flexibility index (Phi) is 4.62. The quantitative estimate of drug-likeness (QED) is 0.399. The molecule has 5 heteroatoms. The van der Waals surface area contributed by atoms with Gasteiger partial charge in [0.15, 0.2) is 17.2 Å². The van der Waals surface area contributed by atoms with Crippen LogP contribution in [0.1, 0.15) is 0 Å². The zero-order chi connectivity index (χ0) is 11.1. The minimum absolute atomic E-state index is 0.310. The van der Waals surface area contributed by atoms with Crippen LogP contribution in [0.2, 0.25) is 0 Å². The molecule has 0 aliphatic carbocycles. The van der Waals surface area contributed by atoms with Crippen molar-refractivity contribution in [1.29, 1.82) is 0 Å². The van der Waals surface area contributed by atoms with E-state index < -0.39 is 11.7 Å². The third kappa shape index (κ3) is 4.01. The molecule has 0 unspecified atom stereocenters.